The zero-order valence-electron chi connectivity index (χ0n) is 8.70. The van der Waals surface area contributed by atoms with Gasteiger partial charge in [0.25, 0.3) is 5.91 Å². The minimum atomic E-state index is -0.526. The van der Waals surface area contributed by atoms with E-state index in [4.69, 9.17) is 10.2 Å². The second kappa shape index (κ2) is 3.44. The lowest BCUT2D eigenvalue weighted by molar-refractivity contribution is 0.100. The van der Waals surface area contributed by atoms with Crippen molar-refractivity contribution in [3.05, 3.63) is 42.6 Å². The lowest BCUT2D eigenvalue weighted by Gasteiger charge is -2.03. The lowest BCUT2D eigenvalue weighted by atomic mass is 10.1. The molecule has 0 bridgehead atoms. The first-order valence-electron chi connectivity index (χ1n) is 4.92. The predicted molar refractivity (Wildman–Crippen MR) is 59.2 cm³/mol. The minimum absolute atomic E-state index is 0.342. The number of furan rings is 1. The highest BCUT2D eigenvalue weighted by atomic mass is 16.3. The van der Waals surface area contributed by atoms with E-state index in [1.165, 1.54) is 6.33 Å². The SMILES string of the molecule is NC(=O)c1ccc(-c2ccoc2)n2ncnc12. The zero-order valence-corrected chi connectivity index (χ0v) is 8.70. The van der Waals surface area contributed by atoms with Crippen molar-refractivity contribution < 1.29 is 9.21 Å². The Labute approximate surface area is 95.7 Å². The molecule has 6 heteroatoms. The summed E-state index contributed by atoms with van der Waals surface area (Å²) in [6.45, 7) is 0. The van der Waals surface area contributed by atoms with Crippen molar-refractivity contribution in [2.45, 2.75) is 0 Å². The number of pyridine rings is 1. The minimum Gasteiger partial charge on any atom is -0.472 e. The highest BCUT2D eigenvalue weighted by Crippen LogP contribution is 2.21. The predicted octanol–water partition coefficient (Wildman–Crippen LogP) is 1.09. The fourth-order valence-electron chi connectivity index (χ4n) is 1.73. The van der Waals surface area contributed by atoms with E-state index in [0.717, 1.165) is 11.3 Å². The molecule has 0 fully saturated rings. The van der Waals surface area contributed by atoms with Crippen LogP contribution in [0, 0.1) is 0 Å². The van der Waals surface area contributed by atoms with Crippen LogP contribution in [0.2, 0.25) is 0 Å². The van der Waals surface area contributed by atoms with Gasteiger partial charge in [0.1, 0.15) is 6.33 Å². The van der Waals surface area contributed by atoms with Crippen LogP contribution in [0.5, 0.6) is 0 Å². The summed E-state index contributed by atoms with van der Waals surface area (Å²) in [7, 11) is 0. The van der Waals surface area contributed by atoms with Gasteiger partial charge in [-0.1, -0.05) is 0 Å². The summed E-state index contributed by atoms with van der Waals surface area (Å²) in [4.78, 5) is 15.3. The first-order chi connectivity index (χ1) is 8.27. The number of carbonyl (C=O) groups excluding carboxylic acids is 1. The van der Waals surface area contributed by atoms with Gasteiger partial charge in [-0.2, -0.15) is 5.10 Å². The Morgan fingerprint density at radius 3 is 2.94 bits per heavy atom. The van der Waals surface area contributed by atoms with Crippen LogP contribution in [0.3, 0.4) is 0 Å². The van der Waals surface area contributed by atoms with E-state index < -0.39 is 5.91 Å². The lowest BCUT2D eigenvalue weighted by Crippen LogP contribution is -2.13. The molecule has 84 valence electrons. The average molecular weight is 228 g/mol. The molecule has 0 aliphatic carbocycles. The number of carbonyl (C=O) groups is 1. The Morgan fingerprint density at radius 2 is 2.24 bits per heavy atom. The van der Waals surface area contributed by atoms with Gasteiger partial charge in [-0.15, -0.1) is 0 Å². The van der Waals surface area contributed by atoms with E-state index in [1.54, 1.807) is 35.2 Å². The van der Waals surface area contributed by atoms with Gasteiger partial charge in [0.05, 0.1) is 23.8 Å². The second-order valence-electron chi connectivity index (χ2n) is 3.50. The maximum Gasteiger partial charge on any atom is 0.252 e. The molecule has 0 aliphatic heterocycles. The molecule has 0 atom stereocenters. The van der Waals surface area contributed by atoms with Gasteiger partial charge in [-0.3, -0.25) is 4.79 Å². The molecule has 0 saturated heterocycles. The van der Waals surface area contributed by atoms with Crippen LogP contribution in [0.25, 0.3) is 16.9 Å². The van der Waals surface area contributed by atoms with Gasteiger partial charge < -0.3 is 10.2 Å². The Balaban J connectivity index is 2.33. The number of hydrogen-bond donors (Lipinski definition) is 1. The van der Waals surface area contributed by atoms with Crippen LogP contribution in [-0.2, 0) is 0 Å². The number of primary amides is 1. The van der Waals surface area contributed by atoms with Crippen LogP contribution in [-0.4, -0.2) is 20.5 Å². The Morgan fingerprint density at radius 1 is 1.35 bits per heavy atom. The van der Waals surface area contributed by atoms with E-state index in [1.807, 2.05) is 0 Å². The van der Waals surface area contributed by atoms with Crippen LogP contribution >= 0.6 is 0 Å². The van der Waals surface area contributed by atoms with Crippen LogP contribution < -0.4 is 5.73 Å². The van der Waals surface area contributed by atoms with Crippen LogP contribution in [0.4, 0.5) is 0 Å². The molecule has 3 heterocycles. The summed E-state index contributed by atoms with van der Waals surface area (Å²) >= 11 is 0. The van der Waals surface area contributed by atoms with Crippen molar-refractivity contribution >= 4 is 11.6 Å². The van der Waals surface area contributed by atoms with E-state index >= 15 is 0 Å². The van der Waals surface area contributed by atoms with E-state index in [-0.39, 0.29) is 0 Å². The standard InChI is InChI=1S/C11H8N4O2/c12-10(16)8-1-2-9(7-3-4-17-5-7)15-11(8)13-6-14-15/h1-6H,(H2,12,16). The molecule has 6 nitrogen and oxygen atoms in total. The summed E-state index contributed by atoms with van der Waals surface area (Å²) in [5, 5.41) is 4.07. The number of aromatic nitrogens is 3. The third-order valence-electron chi connectivity index (χ3n) is 2.51. The molecule has 0 unspecified atom stereocenters. The first kappa shape index (κ1) is 9.59. The summed E-state index contributed by atoms with van der Waals surface area (Å²) in [5.74, 6) is -0.526. The molecule has 0 spiro atoms. The van der Waals surface area contributed by atoms with Crippen molar-refractivity contribution in [3.8, 4) is 11.3 Å². The summed E-state index contributed by atoms with van der Waals surface area (Å²) in [6.07, 6.45) is 4.55. The van der Waals surface area contributed by atoms with Gasteiger partial charge in [-0.05, 0) is 18.2 Å². The van der Waals surface area contributed by atoms with Gasteiger partial charge >= 0.3 is 0 Å². The molecule has 2 N–H and O–H groups in total. The number of fused-ring (bicyclic) bond motifs is 1. The first-order valence-corrected chi connectivity index (χ1v) is 4.92. The largest absolute Gasteiger partial charge is 0.472 e. The molecule has 0 aromatic carbocycles. The van der Waals surface area contributed by atoms with Gasteiger partial charge in [-0.25, -0.2) is 9.50 Å². The summed E-state index contributed by atoms with van der Waals surface area (Å²) in [6, 6.07) is 5.20. The van der Waals surface area contributed by atoms with Crippen molar-refractivity contribution in [1.29, 1.82) is 0 Å². The molecule has 3 aromatic heterocycles. The quantitative estimate of drug-likeness (QED) is 0.711. The Hall–Kier alpha value is -2.63. The number of nitrogens with zero attached hydrogens (tertiary/aromatic N) is 3. The molecule has 3 aromatic rings. The second-order valence-corrected chi connectivity index (χ2v) is 3.50. The fraction of sp³-hybridized carbons (Fsp3) is 0. The average Bonchev–Trinajstić information content (AvgIpc) is 2.98. The summed E-state index contributed by atoms with van der Waals surface area (Å²) in [5.41, 5.74) is 7.70. The number of rotatable bonds is 2. The molecule has 0 aliphatic rings. The van der Waals surface area contributed by atoms with Crippen molar-refractivity contribution in [3.63, 3.8) is 0 Å². The number of hydrogen-bond acceptors (Lipinski definition) is 4. The molecule has 3 rings (SSSR count). The molecule has 1 amide bonds. The van der Waals surface area contributed by atoms with Crippen molar-refractivity contribution in [2.75, 3.05) is 0 Å². The van der Waals surface area contributed by atoms with Crippen LogP contribution in [0.15, 0.2) is 41.5 Å². The van der Waals surface area contributed by atoms with E-state index in [0.29, 0.717) is 11.2 Å². The maximum atomic E-state index is 11.2. The molecular formula is C11H8N4O2. The molecule has 0 radical (unpaired) electrons. The van der Waals surface area contributed by atoms with Gasteiger partial charge in [0, 0.05) is 5.56 Å². The highest BCUT2D eigenvalue weighted by molar-refractivity contribution is 5.99. The van der Waals surface area contributed by atoms with E-state index in [2.05, 4.69) is 10.1 Å². The highest BCUT2D eigenvalue weighted by Gasteiger charge is 2.13. The van der Waals surface area contributed by atoms with Gasteiger partial charge in [0.2, 0.25) is 0 Å². The summed E-state index contributed by atoms with van der Waals surface area (Å²) < 4.78 is 6.58. The molecule has 17 heavy (non-hydrogen) atoms. The zero-order chi connectivity index (χ0) is 11.8. The van der Waals surface area contributed by atoms with Crippen molar-refractivity contribution in [1.82, 2.24) is 14.6 Å². The third kappa shape index (κ3) is 1.38. The Bertz CT molecular complexity index is 685. The fourth-order valence-corrected chi connectivity index (χ4v) is 1.73. The topological polar surface area (TPSA) is 86.4 Å². The molecule has 0 saturated carbocycles. The van der Waals surface area contributed by atoms with E-state index in [9.17, 15) is 4.79 Å². The number of nitrogens with two attached hydrogens (primary N) is 1. The maximum absolute atomic E-state index is 11.2. The monoisotopic (exact) mass is 228 g/mol. The number of amides is 1. The molecular weight excluding hydrogens is 220 g/mol. The van der Waals surface area contributed by atoms with Crippen LogP contribution in [0.1, 0.15) is 10.4 Å². The van der Waals surface area contributed by atoms with Gasteiger partial charge in [0.15, 0.2) is 5.65 Å². The Kier molecular flexibility index (Phi) is 1.94. The van der Waals surface area contributed by atoms with Crippen molar-refractivity contribution in [2.24, 2.45) is 5.73 Å². The third-order valence-corrected chi connectivity index (χ3v) is 2.51. The smallest absolute Gasteiger partial charge is 0.252 e. The normalized spacial score (nSPS) is 10.8.